The summed E-state index contributed by atoms with van der Waals surface area (Å²) in [6, 6.07) is 7.43. The maximum Gasteiger partial charge on any atom is 0.257 e. The first-order valence-electron chi connectivity index (χ1n) is 6.13. The number of halogens is 1. The van der Waals surface area contributed by atoms with Crippen molar-refractivity contribution in [2.45, 2.75) is 18.8 Å². The van der Waals surface area contributed by atoms with Crippen molar-refractivity contribution in [1.29, 1.82) is 0 Å². The molecular weight excluding hydrogens is 250 g/mol. The van der Waals surface area contributed by atoms with Crippen molar-refractivity contribution >= 4 is 11.6 Å². The fourth-order valence-electron chi connectivity index (χ4n) is 2.19. The van der Waals surface area contributed by atoms with Crippen LogP contribution in [0.4, 0.5) is 0 Å². The summed E-state index contributed by atoms with van der Waals surface area (Å²) in [5, 5.41) is 8.13. The Labute approximate surface area is 110 Å². The van der Waals surface area contributed by atoms with E-state index in [0.29, 0.717) is 16.8 Å². The van der Waals surface area contributed by atoms with Gasteiger partial charge in [0.05, 0.1) is 0 Å². The molecule has 1 aliphatic rings. The molecule has 0 unspecified atom stereocenters. The van der Waals surface area contributed by atoms with Gasteiger partial charge in [-0.05, 0) is 50.2 Å². The minimum Gasteiger partial charge on any atom is -0.334 e. The molecule has 1 aromatic carbocycles. The van der Waals surface area contributed by atoms with Crippen LogP contribution in [0.1, 0.15) is 24.6 Å². The zero-order valence-corrected chi connectivity index (χ0v) is 10.7. The third-order valence-electron chi connectivity index (χ3n) is 3.24. The van der Waals surface area contributed by atoms with Gasteiger partial charge in [-0.25, -0.2) is 0 Å². The molecule has 0 amide bonds. The molecular formula is C13H14ClN3O. The number of nitrogens with one attached hydrogen (secondary N) is 1. The Morgan fingerprint density at radius 3 is 2.61 bits per heavy atom. The Morgan fingerprint density at radius 1 is 1.17 bits per heavy atom. The van der Waals surface area contributed by atoms with Crippen LogP contribution < -0.4 is 5.32 Å². The molecule has 0 spiro atoms. The molecule has 2 heterocycles. The second-order valence-electron chi connectivity index (χ2n) is 4.49. The molecule has 18 heavy (non-hydrogen) atoms. The zero-order valence-electron chi connectivity index (χ0n) is 9.90. The van der Waals surface area contributed by atoms with E-state index >= 15 is 0 Å². The van der Waals surface area contributed by atoms with Crippen molar-refractivity contribution in [2.24, 2.45) is 0 Å². The molecule has 0 saturated carbocycles. The smallest absolute Gasteiger partial charge is 0.257 e. The highest BCUT2D eigenvalue weighted by Crippen LogP contribution is 2.26. The van der Waals surface area contributed by atoms with Gasteiger partial charge in [0.15, 0.2) is 5.82 Å². The van der Waals surface area contributed by atoms with Crippen LogP contribution in [0.15, 0.2) is 28.8 Å². The second-order valence-corrected chi connectivity index (χ2v) is 4.93. The first kappa shape index (κ1) is 11.7. The number of rotatable bonds is 2. The summed E-state index contributed by atoms with van der Waals surface area (Å²) in [7, 11) is 0. The van der Waals surface area contributed by atoms with Gasteiger partial charge in [0.25, 0.3) is 5.89 Å². The zero-order chi connectivity index (χ0) is 12.4. The molecule has 1 fully saturated rings. The third kappa shape index (κ3) is 2.40. The summed E-state index contributed by atoms with van der Waals surface area (Å²) >= 11 is 5.85. The van der Waals surface area contributed by atoms with Gasteiger partial charge in [-0.2, -0.15) is 4.98 Å². The Balaban J connectivity index is 1.82. The standard InChI is InChI=1S/C13H14ClN3O/c14-11-3-1-10(2-4-11)13-16-12(17-18-13)9-5-7-15-8-6-9/h1-4,9,15H,5-8H2. The van der Waals surface area contributed by atoms with Gasteiger partial charge >= 0.3 is 0 Å². The van der Waals surface area contributed by atoms with Gasteiger partial charge in [0.2, 0.25) is 0 Å². The average Bonchev–Trinajstić information content (AvgIpc) is 2.90. The van der Waals surface area contributed by atoms with Gasteiger partial charge in [-0.15, -0.1) is 0 Å². The minimum absolute atomic E-state index is 0.413. The Bertz CT molecular complexity index is 517. The lowest BCUT2D eigenvalue weighted by molar-refractivity contribution is 0.392. The van der Waals surface area contributed by atoms with Gasteiger partial charge < -0.3 is 9.84 Å². The quantitative estimate of drug-likeness (QED) is 0.905. The van der Waals surface area contributed by atoms with Crippen LogP contribution in [0, 0.1) is 0 Å². The SMILES string of the molecule is Clc1ccc(-c2nc(C3CCNCC3)no2)cc1. The largest absolute Gasteiger partial charge is 0.334 e. The second kappa shape index (κ2) is 5.08. The fourth-order valence-corrected chi connectivity index (χ4v) is 2.32. The van der Waals surface area contributed by atoms with Gasteiger partial charge in [0.1, 0.15) is 0 Å². The normalized spacial score (nSPS) is 16.9. The first-order valence-corrected chi connectivity index (χ1v) is 6.51. The van der Waals surface area contributed by atoms with E-state index in [-0.39, 0.29) is 0 Å². The molecule has 1 aliphatic heterocycles. The van der Waals surface area contributed by atoms with E-state index in [9.17, 15) is 0 Å². The topological polar surface area (TPSA) is 51.0 Å². The van der Waals surface area contributed by atoms with E-state index in [2.05, 4.69) is 15.5 Å². The van der Waals surface area contributed by atoms with Crippen molar-refractivity contribution in [3.05, 3.63) is 35.1 Å². The first-order chi connectivity index (χ1) is 8.83. The molecule has 94 valence electrons. The van der Waals surface area contributed by atoms with E-state index in [1.54, 1.807) is 0 Å². The van der Waals surface area contributed by atoms with Crippen molar-refractivity contribution in [2.75, 3.05) is 13.1 Å². The van der Waals surface area contributed by atoms with Crippen LogP contribution in [0.5, 0.6) is 0 Å². The van der Waals surface area contributed by atoms with E-state index < -0.39 is 0 Å². The number of nitrogens with zero attached hydrogens (tertiary/aromatic N) is 2. The molecule has 0 aliphatic carbocycles. The lowest BCUT2D eigenvalue weighted by Crippen LogP contribution is -2.27. The van der Waals surface area contributed by atoms with E-state index in [0.717, 1.165) is 37.3 Å². The van der Waals surface area contributed by atoms with E-state index in [1.807, 2.05) is 24.3 Å². The Kier molecular flexibility index (Phi) is 3.30. The van der Waals surface area contributed by atoms with Crippen LogP contribution in [0.25, 0.3) is 11.5 Å². The van der Waals surface area contributed by atoms with Crippen molar-refractivity contribution in [1.82, 2.24) is 15.5 Å². The molecule has 1 saturated heterocycles. The van der Waals surface area contributed by atoms with Gasteiger partial charge in [0, 0.05) is 16.5 Å². The Hall–Kier alpha value is -1.39. The summed E-state index contributed by atoms with van der Waals surface area (Å²) < 4.78 is 5.32. The maximum absolute atomic E-state index is 5.85. The van der Waals surface area contributed by atoms with E-state index in [4.69, 9.17) is 16.1 Å². The lowest BCUT2D eigenvalue weighted by atomic mass is 9.98. The summed E-state index contributed by atoms with van der Waals surface area (Å²) in [6.07, 6.45) is 2.14. The molecule has 0 radical (unpaired) electrons. The molecule has 3 rings (SSSR count). The number of benzene rings is 1. The highest BCUT2D eigenvalue weighted by Gasteiger charge is 2.21. The lowest BCUT2D eigenvalue weighted by Gasteiger charge is -2.18. The number of aromatic nitrogens is 2. The number of hydrogen-bond donors (Lipinski definition) is 1. The average molecular weight is 264 g/mol. The van der Waals surface area contributed by atoms with Crippen molar-refractivity contribution in [3.63, 3.8) is 0 Å². The van der Waals surface area contributed by atoms with Crippen LogP contribution in [0.2, 0.25) is 5.02 Å². The predicted octanol–water partition coefficient (Wildman–Crippen LogP) is 2.86. The summed E-state index contributed by atoms with van der Waals surface area (Å²) in [5.74, 6) is 1.80. The molecule has 4 nitrogen and oxygen atoms in total. The van der Waals surface area contributed by atoms with Gasteiger partial charge in [-0.1, -0.05) is 16.8 Å². The summed E-state index contributed by atoms with van der Waals surface area (Å²) in [6.45, 7) is 2.05. The number of hydrogen-bond acceptors (Lipinski definition) is 4. The van der Waals surface area contributed by atoms with Gasteiger partial charge in [-0.3, -0.25) is 0 Å². The number of piperidine rings is 1. The Morgan fingerprint density at radius 2 is 1.89 bits per heavy atom. The van der Waals surface area contributed by atoms with Crippen molar-refractivity contribution in [3.8, 4) is 11.5 Å². The fraction of sp³-hybridized carbons (Fsp3) is 0.385. The van der Waals surface area contributed by atoms with Crippen molar-refractivity contribution < 1.29 is 4.52 Å². The highest BCUT2D eigenvalue weighted by atomic mass is 35.5. The monoisotopic (exact) mass is 263 g/mol. The van der Waals surface area contributed by atoms with Crippen LogP contribution >= 0.6 is 11.6 Å². The van der Waals surface area contributed by atoms with Crippen LogP contribution in [0.3, 0.4) is 0 Å². The summed E-state index contributed by atoms with van der Waals surface area (Å²) in [5.41, 5.74) is 0.909. The molecule has 2 aromatic rings. The molecule has 0 atom stereocenters. The molecule has 5 heteroatoms. The van der Waals surface area contributed by atoms with Crippen LogP contribution in [-0.4, -0.2) is 23.2 Å². The molecule has 1 N–H and O–H groups in total. The predicted molar refractivity (Wildman–Crippen MR) is 69.6 cm³/mol. The third-order valence-corrected chi connectivity index (χ3v) is 3.49. The molecule has 1 aromatic heterocycles. The summed E-state index contributed by atoms with van der Waals surface area (Å²) in [4.78, 5) is 4.49. The highest BCUT2D eigenvalue weighted by molar-refractivity contribution is 6.30. The maximum atomic E-state index is 5.85. The van der Waals surface area contributed by atoms with E-state index in [1.165, 1.54) is 0 Å². The van der Waals surface area contributed by atoms with Crippen LogP contribution in [-0.2, 0) is 0 Å². The minimum atomic E-state index is 0.413. The molecule has 0 bridgehead atoms.